The van der Waals surface area contributed by atoms with E-state index >= 15 is 0 Å². The first-order valence-corrected chi connectivity index (χ1v) is 16.4. The van der Waals surface area contributed by atoms with Crippen LogP contribution in [0.2, 0.25) is 5.02 Å². The Kier molecular flexibility index (Phi) is 8.44. The van der Waals surface area contributed by atoms with Gasteiger partial charge < -0.3 is 10.1 Å². The van der Waals surface area contributed by atoms with E-state index in [4.69, 9.17) is 21.2 Å². The lowest BCUT2D eigenvalue weighted by molar-refractivity contribution is -0.187. The van der Waals surface area contributed by atoms with Crippen LogP contribution in [0.4, 0.5) is 18.9 Å². The SMILES string of the molecule is COC(=O)C1CON(Cc2ccccc2)C12CC1CC[C@@H](C2)C1S(=O)(=O)c1cc(C(=O)Nc2cc(F)c(F)c(F)c2)ccc1Cl. The van der Waals surface area contributed by atoms with E-state index in [1.807, 2.05) is 35.4 Å². The van der Waals surface area contributed by atoms with Crippen molar-refractivity contribution >= 4 is 39.0 Å². The maximum Gasteiger partial charge on any atom is 0.313 e. The number of amides is 1. The monoisotopic (exact) mass is 662 g/mol. The van der Waals surface area contributed by atoms with Gasteiger partial charge in [-0.15, -0.1) is 0 Å². The molecule has 6 rings (SSSR count). The zero-order valence-corrected chi connectivity index (χ0v) is 25.7. The number of carbonyl (C=O) groups excluding carboxylic acids is 2. The number of hydrogen-bond donors (Lipinski definition) is 1. The van der Waals surface area contributed by atoms with Gasteiger partial charge in [0.1, 0.15) is 5.92 Å². The van der Waals surface area contributed by atoms with Crippen LogP contribution in [0.1, 0.15) is 41.6 Å². The molecule has 8 nitrogen and oxygen atoms in total. The Balaban J connectivity index is 1.29. The minimum atomic E-state index is -4.10. The first kappa shape index (κ1) is 31.5. The normalized spacial score (nSPS) is 26.2. The summed E-state index contributed by atoms with van der Waals surface area (Å²) in [5, 5.41) is 3.20. The summed E-state index contributed by atoms with van der Waals surface area (Å²) in [7, 11) is -2.77. The molecule has 3 fully saturated rings. The molecule has 3 aromatic carbocycles. The van der Waals surface area contributed by atoms with E-state index in [9.17, 15) is 31.2 Å². The third-order valence-corrected chi connectivity index (χ3v) is 12.2. The molecule has 238 valence electrons. The van der Waals surface area contributed by atoms with E-state index in [1.54, 1.807) is 0 Å². The number of methoxy groups -OCH3 is 1. The third kappa shape index (κ3) is 5.62. The van der Waals surface area contributed by atoms with Crippen LogP contribution in [0.5, 0.6) is 0 Å². The predicted molar refractivity (Wildman–Crippen MR) is 158 cm³/mol. The lowest BCUT2D eigenvalue weighted by Gasteiger charge is -2.47. The number of hydroxylamine groups is 2. The van der Waals surface area contributed by atoms with Gasteiger partial charge in [-0.25, -0.2) is 21.6 Å². The van der Waals surface area contributed by atoms with Crippen molar-refractivity contribution < 1.29 is 40.8 Å². The fraction of sp³-hybridized carbons (Fsp3) is 0.375. The summed E-state index contributed by atoms with van der Waals surface area (Å²) >= 11 is 6.42. The van der Waals surface area contributed by atoms with Crippen molar-refractivity contribution in [1.82, 2.24) is 5.06 Å². The van der Waals surface area contributed by atoms with E-state index in [0.29, 0.717) is 44.4 Å². The first-order chi connectivity index (χ1) is 21.4. The van der Waals surface area contributed by atoms with Gasteiger partial charge in [0.05, 0.1) is 34.4 Å². The Bertz CT molecular complexity index is 1720. The Hall–Kier alpha value is -3.45. The molecule has 1 amide bonds. The molecular weight excluding hydrogens is 633 g/mol. The number of ether oxygens (including phenoxy) is 1. The van der Waals surface area contributed by atoms with Crippen molar-refractivity contribution in [2.75, 3.05) is 19.0 Å². The van der Waals surface area contributed by atoms with Crippen LogP contribution in [0.3, 0.4) is 0 Å². The molecule has 5 atom stereocenters. The van der Waals surface area contributed by atoms with E-state index in [0.717, 1.165) is 11.6 Å². The number of carbonyl (C=O) groups is 2. The fourth-order valence-electron chi connectivity index (χ4n) is 7.41. The van der Waals surface area contributed by atoms with Crippen LogP contribution in [-0.2, 0) is 30.8 Å². The van der Waals surface area contributed by atoms with Crippen molar-refractivity contribution in [3.05, 3.63) is 94.3 Å². The molecule has 4 unspecified atom stereocenters. The molecule has 45 heavy (non-hydrogen) atoms. The predicted octanol–water partition coefficient (Wildman–Crippen LogP) is 5.95. The lowest BCUT2D eigenvalue weighted by Crippen LogP contribution is -2.57. The molecule has 13 heteroatoms. The molecule has 0 aromatic heterocycles. The lowest BCUT2D eigenvalue weighted by atomic mass is 9.68. The van der Waals surface area contributed by atoms with Gasteiger partial charge in [0, 0.05) is 29.9 Å². The Morgan fingerprint density at radius 1 is 1.02 bits per heavy atom. The number of sulfone groups is 1. The number of esters is 1. The minimum Gasteiger partial charge on any atom is -0.469 e. The highest BCUT2D eigenvalue weighted by Gasteiger charge is 2.63. The fourth-order valence-corrected chi connectivity index (χ4v) is 10.3. The van der Waals surface area contributed by atoms with Crippen molar-refractivity contribution in [3.63, 3.8) is 0 Å². The summed E-state index contributed by atoms with van der Waals surface area (Å²) < 4.78 is 74.4. The Morgan fingerprint density at radius 2 is 1.67 bits per heavy atom. The molecule has 0 radical (unpaired) electrons. The van der Waals surface area contributed by atoms with Crippen LogP contribution >= 0.6 is 11.6 Å². The second-order valence-electron chi connectivity index (χ2n) is 11.9. The molecule has 1 aliphatic heterocycles. The molecule has 1 saturated heterocycles. The van der Waals surface area contributed by atoms with Crippen LogP contribution in [0.25, 0.3) is 0 Å². The largest absolute Gasteiger partial charge is 0.469 e. The van der Waals surface area contributed by atoms with E-state index in [-0.39, 0.29) is 39.6 Å². The van der Waals surface area contributed by atoms with Crippen LogP contribution in [0, 0.1) is 35.2 Å². The van der Waals surface area contributed by atoms with Gasteiger partial charge in [-0.1, -0.05) is 41.9 Å². The van der Waals surface area contributed by atoms with Gasteiger partial charge in [-0.05, 0) is 61.3 Å². The van der Waals surface area contributed by atoms with Crippen molar-refractivity contribution in [1.29, 1.82) is 0 Å². The van der Waals surface area contributed by atoms with Crippen LogP contribution < -0.4 is 5.32 Å². The number of nitrogens with one attached hydrogen (secondary N) is 1. The maximum atomic E-state index is 14.3. The van der Waals surface area contributed by atoms with Crippen molar-refractivity contribution in [2.24, 2.45) is 17.8 Å². The van der Waals surface area contributed by atoms with Gasteiger partial charge in [0.25, 0.3) is 5.91 Å². The average Bonchev–Trinajstić information content (AvgIpc) is 3.49. The van der Waals surface area contributed by atoms with Gasteiger partial charge in [0.2, 0.25) is 0 Å². The zero-order chi connectivity index (χ0) is 32.1. The summed E-state index contributed by atoms with van der Waals surface area (Å²) in [5.41, 5.74) is -0.249. The van der Waals surface area contributed by atoms with Crippen molar-refractivity contribution in [2.45, 2.75) is 47.9 Å². The second kappa shape index (κ2) is 12.1. The smallest absolute Gasteiger partial charge is 0.313 e. The highest BCUT2D eigenvalue weighted by atomic mass is 35.5. The first-order valence-electron chi connectivity index (χ1n) is 14.5. The Morgan fingerprint density at radius 3 is 2.29 bits per heavy atom. The minimum absolute atomic E-state index is 0.0764. The zero-order valence-electron chi connectivity index (χ0n) is 24.1. The highest BCUT2D eigenvalue weighted by Crippen LogP contribution is 2.57. The molecule has 3 aromatic rings. The summed E-state index contributed by atoms with van der Waals surface area (Å²) in [4.78, 5) is 31.8. The standard InChI is InChI=1S/C32H30ClF3N2O6S/c1-43-31(40)23-17-44-38(16-18-5-3-2-4-6-18)32(23)14-20-7-8-21(15-32)29(20)45(41,42)27-11-19(9-10-24(27)33)30(39)37-22-12-25(34)28(36)26(35)13-22/h2-6,9-13,20-21,23,29H,7-8,14-17H2,1H3,(H,37,39)/t20-,21?,23?,29?,32?/m0/s1. The van der Waals surface area contributed by atoms with Crippen LogP contribution in [-0.4, -0.2) is 49.9 Å². The van der Waals surface area contributed by atoms with Gasteiger partial charge in [0.15, 0.2) is 27.3 Å². The molecule has 3 aliphatic rings. The quantitative estimate of drug-likeness (QED) is 0.247. The molecular formula is C32H30ClF3N2O6S. The second-order valence-corrected chi connectivity index (χ2v) is 14.3. The molecule has 2 saturated carbocycles. The van der Waals surface area contributed by atoms with E-state index in [2.05, 4.69) is 5.32 Å². The molecule has 1 N–H and O–H groups in total. The number of benzene rings is 3. The third-order valence-electron chi connectivity index (χ3n) is 9.37. The maximum absolute atomic E-state index is 14.3. The summed E-state index contributed by atoms with van der Waals surface area (Å²) in [6.07, 6.45) is 1.98. The highest BCUT2D eigenvalue weighted by molar-refractivity contribution is 7.92. The topological polar surface area (TPSA) is 102 Å². The number of nitrogens with zero attached hydrogens (tertiary/aromatic N) is 1. The number of hydrogen-bond acceptors (Lipinski definition) is 7. The van der Waals surface area contributed by atoms with Gasteiger partial charge >= 0.3 is 5.97 Å². The van der Waals surface area contributed by atoms with Gasteiger partial charge in [-0.3, -0.25) is 14.4 Å². The average molecular weight is 663 g/mol. The number of halogens is 4. The van der Waals surface area contributed by atoms with Crippen LogP contribution in [0.15, 0.2) is 65.6 Å². The molecule has 1 spiro atoms. The number of rotatable bonds is 7. The van der Waals surface area contributed by atoms with E-state index in [1.165, 1.54) is 19.2 Å². The van der Waals surface area contributed by atoms with Crippen molar-refractivity contribution in [3.8, 4) is 0 Å². The molecule has 1 heterocycles. The number of anilines is 1. The molecule has 2 aliphatic carbocycles. The number of fused-ring (bicyclic) bond motifs is 2. The summed E-state index contributed by atoms with van der Waals surface area (Å²) in [6.45, 7) is 0.539. The molecule has 2 bridgehead atoms. The van der Waals surface area contributed by atoms with Gasteiger partial charge in [-0.2, -0.15) is 5.06 Å². The summed E-state index contributed by atoms with van der Waals surface area (Å²) in [6, 6.07) is 14.6. The Labute approximate surface area is 263 Å². The van der Waals surface area contributed by atoms with E-state index < -0.39 is 55.9 Å². The summed E-state index contributed by atoms with van der Waals surface area (Å²) in [5.74, 6) is -7.19.